The van der Waals surface area contributed by atoms with Gasteiger partial charge < -0.3 is 14.8 Å². The molecule has 0 aromatic carbocycles. The summed E-state index contributed by atoms with van der Waals surface area (Å²) in [4.78, 5) is 7.23. The number of H-pyrrole nitrogens is 1. The first kappa shape index (κ1) is 8.72. The summed E-state index contributed by atoms with van der Waals surface area (Å²) in [7, 11) is 1.70. The molecule has 1 aromatic rings. The van der Waals surface area contributed by atoms with Crippen LogP contribution in [0.2, 0.25) is 0 Å². The third-order valence-electron chi connectivity index (χ3n) is 2.39. The highest BCUT2D eigenvalue weighted by molar-refractivity contribution is 5.05. The average molecular weight is 182 g/mol. The van der Waals surface area contributed by atoms with Gasteiger partial charge in [-0.1, -0.05) is 0 Å². The number of nitrogens with one attached hydrogen (secondary N) is 1. The highest BCUT2D eigenvalue weighted by Gasteiger charge is 2.34. The van der Waals surface area contributed by atoms with Gasteiger partial charge in [0, 0.05) is 7.11 Å². The summed E-state index contributed by atoms with van der Waals surface area (Å²) >= 11 is 0. The number of nitrogens with zero attached hydrogens (tertiary/aromatic N) is 1. The van der Waals surface area contributed by atoms with E-state index < -0.39 is 0 Å². The second-order valence-electron chi connectivity index (χ2n) is 3.45. The van der Waals surface area contributed by atoms with Gasteiger partial charge in [-0.05, 0) is 18.8 Å². The number of methoxy groups -OCH3 is 1. The zero-order chi connectivity index (χ0) is 9.26. The third kappa shape index (κ3) is 1.73. The van der Waals surface area contributed by atoms with Crippen molar-refractivity contribution in [2.45, 2.75) is 25.6 Å². The zero-order valence-electron chi connectivity index (χ0n) is 7.66. The summed E-state index contributed by atoms with van der Waals surface area (Å²) in [6.07, 6.45) is 4.17. The lowest BCUT2D eigenvalue weighted by Crippen LogP contribution is -2.05. The Morgan fingerprint density at radius 3 is 3.00 bits per heavy atom. The number of rotatable bonds is 4. The van der Waals surface area contributed by atoms with E-state index in [1.165, 1.54) is 12.8 Å². The van der Waals surface area contributed by atoms with Crippen molar-refractivity contribution in [1.82, 2.24) is 9.97 Å². The van der Waals surface area contributed by atoms with Gasteiger partial charge in [-0.2, -0.15) is 0 Å². The standard InChI is InChI=1S/C9H14N2O2/c1-13-8(6-2-3-6)9-10-4-7(5-12)11-9/h4,6,8,12H,2-3,5H2,1H3,(H,10,11). The SMILES string of the molecule is COC(c1ncc(CO)[nH]1)C1CC1. The Morgan fingerprint density at radius 1 is 1.77 bits per heavy atom. The van der Waals surface area contributed by atoms with Crippen LogP contribution in [0.15, 0.2) is 6.20 Å². The van der Waals surface area contributed by atoms with Gasteiger partial charge in [0.1, 0.15) is 11.9 Å². The van der Waals surface area contributed by atoms with E-state index in [1.807, 2.05) is 0 Å². The molecule has 1 heterocycles. The Kier molecular flexibility index (Phi) is 2.33. The Balaban J connectivity index is 2.12. The lowest BCUT2D eigenvalue weighted by Gasteiger charge is -2.10. The fraction of sp³-hybridized carbons (Fsp3) is 0.667. The number of aliphatic hydroxyl groups is 1. The van der Waals surface area contributed by atoms with E-state index in [2.05, 4.69) is 9.97 Å². The van der Waals surface area contributed by atoms with Crippen molar-refractivity contribution in [3.63, 3.8) is 0 Å². The van der Waals surface area contributed by atoms with E-state index in [-0.39, 0.29) is 12.7 Å². The average Bonchev–Trinajstić information content (AvgIpc) is 2.85. The summed E-state index contributed by atoms with van der Waals surface area (Å²) in [6, 6.07) is 0. The topological polar surface area (TPSA) is 58.1 Å². The molecule has 1 saturated carbocycles. The quantitative estimate of drug-likeness (QED) is 0.730. The van der Waals surface area contributed by atoms with E-state index in [1.54, 1.807) is 13.3 Å². The van der Waals surface area contributed by atoms with Gasteiger partial charge in [0.05, 0.1) is 18.5 Å². The minimum absolute atomic E-state index is 0.00804. The molecule has 0 aliphatic heterocycles. The Bertz CT molecular complexity index is 281. The second kappa shape index (κ2) is 3.47. The molecule has 0 saturated heterocycles. The van der Waals surface area contributed by atoms with Gasteiger partial charge in [0.2, 0.25) is 0 Å². The maximum absolute atomic E-state index is 8.85. The molecule has 1 aliphatic carbocycles. The molecule has 4 nitrogen and oxygen atoms in total. The number of hydrogen-bond donors (Lipinski definition) is 2. The zero-order valence-corrected chi connectivity index (χ0v) is 7.66. The molecule has 0 bridgehead atoms. The summed E-state index contributed by atoms with van der Waals surface area (Å²) < 4.78 is 5.34. The number of aromatic amines is 1. The fourth-order valence-corrected chi connectivity index (χ4v) is 1.53. The maximum atomic E-state index is 8.85. The molecule has 0 spiro atoms. The van der Waals surface area contributed by atoms with Gasteiger partial charge in [-0.3, -0.25) is 0 Å². The first-order valence-corrected chi connectivity index (χ1v) is 4.52. The number of imidazole rings is 1. The molecule has 1 aliphatic rings. The lowest BCUT2D eigenvalue weighted by atomic mass is 10.2. The molecule has 72 valence electrons. The van der Waals surface area contributed by atoms with Crippen LogP contribution in [-0.4, -0.2) is 22.2 Å². The maximum Gasteiger partial charge on any atom is 0.135 e. The second-order valence-corrected chi connectivity index (χ2v) is 3.45. The number of aliphatic hydroxyl groups excluding tert-OH is 1. The highest BCUT2D eigenvalue weighted by Crippen LogP contribution is 2.41. The first-order chi connectivity index (χ1) is 6.35. The molecule has 2 N–H and O–H groups in total. The van der Waals surface area contributed by atoms with E-state index in [0.29, 0.717) is 5.92 Å². The smallest absolute Gasteiger partial charge is 0.135 e. The van der Waals surface area contributed by atoms with Crippen LogP contribution >= 0.6 is 0 Å². The van der Waals surface area contributed by atoms with Gasteiger partial charge in [-0.25, -0.2) is 4.98 Å². The van der Waals surface area contributed by atoms with E-state index in [9.17, 15) is 0 Å². The van der Waals surface area contributed by atoms with Crippen LogP contribution in [0.5, 0.6) is 0 Å². The van der Waals surface area contributed by atoms with Crippen LogP contribution < -0.4 is 0 Å². The fourth-order valence-electron chi connectivity index (χ4n) is 1.53. The van der Waals surface area contributed by atoms with Crippen molar-refractivity contribution >= 4 is 0 Å². The van der Waals surface area contributed by atoms with Gasteiger partial charge in [-0.15, -0.1) is 0 Å². The lowest BCUT2D eigenvalue weighted by molar-refractivity contribution is 0.0777. The molecular formula is C9H14N2O2. The van der Waals surface area contributed by atoms with Gasteiger partial charge in [0.25, 0.3) is 0 Å². The monoisotopic (exact) mass is 182 g/mol. The van der Waals surface area contributed by atoms with E-state index in [0.717, 1.165) is 11.5 Å². The van der Waals surface area contributed by atoms with E-state index in [4.69, 9.17) is 9.84 Å². The number of hydrogen-bond acceptors (Lipinski definition) is 3. The molecule has 2 rings (SSSR count). The molecule has 13 heavy (non-hydrogen) atoms. The van der Waals surface area contributed by atoms with Gasteiger partial charge in [0.15, 0.2) is 0 Å². The van der Waals surface area contributed by atoms with Crippen molar-refractivity contribution in [2.75, 3.05) is 7.11 Å². The van der Waals surface area contributed by atoms with Crippen molar-refractivity contribution in [2.24, 2.45) is 5.92 Å². The third-order valence-corrected chi connectivity index (χ3v) is 2.39. The van der Waals surface area contributed by atoms with Crippen LogP contribution in [-0.2, 0) is 11.3 Å². The van der Waals surface area contributed by atoms with E-state index >= 15 is 0 Å². The van der Waals surface area contributed by atoms with Crippen LogP contribution in [0.1, 0.15) is 30.5 Å². The Hall–Kier alpha value is -0.870. The predicted octanol–water partition coefficient (Wildman–Crippen LogP) is 0.999. The number of aromatic nitrogens is 2. The summed E-state index contributed by atoms with van der Waals surface area (Å²) in [5.41, 5.74) is 0.748. The van der Waals surface area contributed by atoms with Crippen molar-refractivity contribution in [3.05, 3.63) is 17.7 Å². The molecule has 1 atom stereocenters. The minimum atomic E-state index is 0.00804. The Morgan fingerprint density at radius 2 is 2.54 bits per heavy atom. The Labute approximate surface area is 77.0 Å². The van der Waals surface area contributed by atoms with Gasteiger partial charge >= 0.3 is 0 Å². The summed E-state index contributed by atoms with van der Waals surface area (Å²) in [5.74, 6) is 1.46. The number of ether oxygens (including phenoxy) is 1. The molecular weight excluding hydrogens is 168 g/mol. The summed E-state index contributed by atoms with van der Waals surface area (Å²) in [6.45, 7) is 0.00804. The normalized spacial score (nSPS) is 18.9. The molecule has 1 unspecified atom stereocenters. The predicted molar refractivity (Wildman–Crippen MR) is 47.0 cm³/mol. The van der Waals surface area contributed by atoms with Crippen LogP contribution in [0.3, 0.4) is 0 Å². The van der Waals surface area contributed by atoms with Crippen molar-refractivity contribution < 1.29 is 9.84 Å². The largest absolute Gasteiger partial charge is 0.390 e. The molecule has 0 amide bonds. The molecule has 0 radical (unpaired) electrons. The van der Waals surface area contributed by atoms with Crippen LogP contribution in [0, 0.1) is 5.92 Å². The summed E-state index contributed by atoms with van der Waals surface area (Å²) in [5, 5.41) is 8.85. The van der Waals surface area contributed by atoms with Crippen molar-refractivity contribution in [1.29, 1.82) is 0 Å². The van der Waals surface area contributed by atoms with Crippen LogP contribution in [0.4, 0.5) is 0 Å². The van der Waals surface area contributed by atoms with Crippen molar-refractivity contribution in [3.8, 4) is 0 Å². The molecule has 1 fully saturated rings. The highest BCUT2D eigenvalue weighted by atomic mass is 16.5. The molecule has 1 aromatic heterocycles. The first-order valence-electron chi connectivity index (χ1n) is 4.52. The van der Waals surface area contributed by atoms with Crippen LogP contribution in [0.25, 0.3) is 0 Å². The minimum Gasteiger partial charge on any atom is -0.390 e. The molecule has 4 heteroatoms.